The molecule has 7 heteroatoms. The van der Waals surface area contributed by atoms with Gasteiger partial charge in [-0.05, 0) is 23.6 Å². The Morgan fingerprint density at radius 1 is 1.30 bits per heavy atom. The second-order valence-electron chi connectivity index (χ2n) is 4.36. The maximum atomic E-state index is 11.0. The lowest BCUT2D eigenvalue weighted by atomic mass is 10.2. The first-order valence-corrected chi connectivity index (χ1v) is 6.80. The lowest BCUT2D eigenvalue weighted by Gasteiger charge is -2.07. The van der Waals surface area contributed by atoms with Crippen molar-refractivity contribution in [1.82, 2.24) is 19.6 Å². The van der Waals surface area contributed by atoms with E-state index in [-0.39, 0.29) is 5.69 Å². The predicted octanol–water partition coefficient (Wildman–Crippen LogP) is 2.39. The Morgan fingerprint density at radius 2 is 2.15 bits per heavy atom. The zero-order valence-electron chi connectivity index (χ0n) is 10.4. The van der Waals surface area contributed by atoms with Crippen molar-refractivity contribution in [2.45, 2.75) is 13.1 Å². The van der Waals surface area contributed by atoms with Crippen molar-refractivity contribution < 1.29 is 9.90 Å². The fourth-order valence-electron chi connectivity index (χ4n) is 2.14. The summed E-state index contributed by atoms with van der Waals surface area (Å²) in [6.45, 7) is 1.08. The molecule has 0 aliphatic carbocycles. The van der Waals surface area contributed by atoms with Gasteiger partial charge in [0, 0.05) is 22.7 Å². The molecule has 0 aliphatic heterocycles. The first-order chi connectivity index (χ1) is 9.65. The van der Waals surface area contributed by atoms with E-state index in [0.29, 0.717) is 13.1 Å². The van der Waals surface area contributed by atoms with Crippen molar-refractivity contribution in [3.05, 3.63) is 46.8 Å². The highest BCUT2D eigenvalue weighted by Gasteiger charge is 2.11. The topological polar surface area (TPSA) is 72.9 Å². The number of carboxylic acid groups (broad SMARTS) is 1. The predicted molar refractivity (Wildman–Crippen MR) is 76.6 cm³/mol. The van der Waals surface area contributed by atoms with Gasteiger partial charge in [0.15, 0.2) is 5.69 Å². The zero-order valence-corrected chi connectivity index (χ0v) is 12.0. The molecule has 0 bridgehead atoms. The first kappa shape index (κ1) is 12.9. The van der Waals surface area contributed by atoms with Crippen molar-refractivity contribution in [3.8, 4) is 0 Å². The summed E-state index contributed by atoms with van der Waals surface area (Å²) >= 11 is 3.45. The third-order valence-electron chi connectivity index (χ3n) is 3.13. The molecule has 1 aromatic carbocycles. The normalized spacial score (nSPS) is 11.1. The van der Waals surface area contributed by atoms with Gasteiger partial charge in [-0.1, -0.05) is 27.2 Å². The number of aryl methyl sites for hydroxylation is 2. The summed E-state index contributed by atoms with van der Waals surface area (Å²) in [5, 5.41) is 17.6. The van der Waals surface area contributed by atoms with Crippen LogP contribution in [0, 0.1) is 0 Å². The van der Waals surface area contributed by atoms with Crippen LogP contribution in [-0.2, 0) is 13.1 Å². The van der Waals surface area contributed by atoms with Crippen molar-refractivity contribution in [3.63, 3.8) is 0 Å². The fraction of sp³-hybridized carbons (Fsp3) is 0.154. The molecule has 102 valence electrons. The van der Waals surface area contributed by atoms with Gasteiger partial charge < -0.3 is 9.67 Å². The van der Waals surface area contributed by atoms with Gasteiger partial charge in [0.1, 0.15) is 0 Å². The number of fused-ring (bicyclic) bond motifs is 1. The Labute approximate surface area is 122 Å². The summed E-state index contributed by atoms with van der Waals surface area (Å²) < 4.78 is 4.47. The van der Waals surface area contributed by atoms with E-state index in [1.54, 1.807) is 0 Å². The summed E-state index contributed by atoms with van der Waals surface area (Å²) in [6, 6.07) is 8.09. The minimum absolute atomic E-state index is 0.0997. The molecule has 0 saturated carbocycles. The van der Waals surface area contributed by atoms with E-state index in [1.165, 1.54) is 10.9 Å². The molecule has 2 heterocycles. The molecule has 0 radical (unpaired) electrons. The molecule has 0 atom stereocenters. The van der Waals surface area contributed by atoms with Gasteiger partial charge in [0.05, 0.1) is 12.7 Å². The van der Waals surface area contributed by atoms with Crippen LogP contribution in [0.1, 0.15) is 10.5 Å². The van der Waals surface area contributed by atoms with E-state index in [9.17, 15) is 4.79 Å². The van der Waals surface area contributed by atoms with E-state index in [0.717, 1.165) is 15.4 Å². The number of aromatic nitrogens is 4. The second kappa shape index (κ2) is 5.09. The van der Waals surface area contributed by atoms with Crippen molar-refractivity contribution in [1.29, 1.82) is 0 Å². The summed E-state index contributed by atoms with van der Waals surface area (Å²) in [6.07, 6.45) is 3.24. The Morgan fingerprint density at radius 3 is 2.95 bits per heavy atom. The minimum atomic E-state index is -1.02. The third kappa shape index (κ3) is 2.32. The number of hydrogen-bond donors (Lipinski definition) is 1. The van der Waals surface area contributed by atoms with Crippen LogP contribution in [0.15, 0.2) is 41.1 Å². The molecule has 0 amide bonds. The smallest absolute Gasteiger partial charge is 0.355 e. The molecule has 0 fully saturated rings. The number of rotatable bonds is 4. The summed E-state index contributed by atoms with van der Waals surface area (Å²) in [5.74, 6) is -1.02. The van der Waals surface area contributed by atoms with Gasteiger partial charge in [-0.3, -0.25) is 0 Å². The van der Waals surface area contributed by atoms with E-state index >= 15 is 0 Å². The van der Waals surface area contributed by atoms with Crippen molar-refractivity contribution in [2.24, 2.45) is 0 Å². The van der Waals surface area contributed by atoms with E-state index in [1.807, 2.05) is 30.5 Å². The fourth-order valence-corrected chi connectivity index (χ4v) is 2.49. The maximum absolute atomic E-state index is 11.0. The van der Waals surface area contributed by atoms with Gasteiger partial charge in [-0.2, -0.15) is 0 Å². The van der Waals surface area contributed by atoms with Crippen LogP contribution in [-0.4, -0.2) is 30.6 Å². The molecule has 2 aromatic heterocycles. The Balaban J connectivity index is 1.85. The average Bonchev–Trinajstić information content (AvgIpc) is 3.02. The largest absolute Gasteiger partial charge is 0.476 e. The average molecular weight is 335 g/mol. The third-order valence-corrected chi connectivity index (χ3v) is 3.62. The monoisotopic (exact) mass is 334 g/mol. The number of carbonyl (C=O) groups is 1. The molecule has 3 aromatic rings. The highest BCUT2D eigenvalue weighted by atomic mass is 79.9. The molecule has 6 nitrogen and oxygen atoms in total. The van der Waals surface area contributed by atoms with Crippen LogP contribution >= 0.6 is 15.9 Å². The zero-order chi connectivity index (χ0) is 14.1. The van der Waals surface area contributed by atoms with E-state index in [4.69, 9.17) is 5.11 Å². The van der Waals surface area contributed by atoms with Gasteiger partial charge in [-0.25, -0.2) is 9.48 Å². The van der Waals surface area contributed by atoms with E-state index < -0.39 is 5.97 Å². The Bertz CT molecular complexity index is 778. The number of hydrogen-bond acceptors (Lipinski definition) is 3. The SMILES string of the molecule is O=C(O)c1cnnn1CCn1ccc2ccc(Br)cc21. The molecule has 3 rings (SSSR count). The van der Waals surface area contributed by atoms with Crippen LogP contribution in [0.2, 0.25) is 0 Å². The van der Waals surface area contributed by atoms with Crippen LogP contribution in [0.3, 0.4) is 0 Å². The van der Waals surface area contributed by atoms with Crippen molar-refractivity contribution >= 4 is 32.8 Å². The number of carboxylic acids is 1. The van der Waals surface area contributed by atoms with Crippen molar-refractivity contribution in [2.75, 3.05) is 0 Å². The van der Waals surface area contributed by atoms with E-state index in [2.05, 4.69) is 30.8 Å². The maximum Gasteiger partial charge on any atom is 0.355 e. The molecule has 0 aliphatic rings. The number of nitrogens with zero attached hydrogens (tertiary/aromatic N) is 4. The summed E-state index contributed by atoms with van der Waals surface area (Å²) in [4.78, 5) is 11.0. The number of halogens is 1. The molecule has 1 N–H and O–H groups in total. The van der Waals surface area contributed by atoms with Crippen LogP contribution in [0.25, 0.3) is 10.9 Å². The molecule has 0 spiro atoms. The highest BCUT2D eigenvalue weighted by Crippen LogP contribution is 2.21. The number of aromatic carboxylic acids is 1. The minimum Gasteiger partial charge on any atom is -0.476 e. The molecular formula is C13H11BrN4O2. The van der Waals surface area contributed by atoms with Gasteiger partial charge in [0.2, 0.25) is 0 Å². The Kier molecular flexibility index (Phi) is 3.27. The highest BCUT2D eigenvalue weighted by molar-refractivity contribution is 9.10. The lowest BCUT2D eigenvalue weighted by Crippen LogP contribution is -2.14. The van der Waals surface area contributed by atoms with Gasteiger partial charge >= 0.3 is 5.97 Å². The molecule has 20 heavy (non-hydrogen) atoms. The summed E-state index contributed by atoms with van der Waals surface area (Å²) in [7, 11) is 0. The van der Waals surface area contributed by atoms with Crippen LogP contribution in [0.5, 0.6) is 0 Å². The Hall–Kier alpha value is -2.15. The summed E-state index contributed by atoms with van der Waals surface area (Å²) in [5.41, 5.74) is 1.19. The van der Waals surface area contributed by atoms with Gasteiger partial charge in [-0.15, -0.1) is 5.10 Å². The molecular weight excluding hydrogens is 324 g/mol. The quantitative estimate of drug-likeness (QED) is 0.795. The van der Waals surface area contributed by atoms with Gasteiger partial charge in [0.25, 0.3) is 0 Å². The first-order valence-electron chi connectivity index (χ1n) is 6.01. The lowest BCUT2D eigenvalue weighted by molar-refractivity contribution is 0.0683. The molecule has 0 saturated heterocycles. The molecule has 0 unspecified atom stereocenters. The van der Waals surface area contributed by atoms with Crippen LogP contribution in [0.4, 0.5) is 0 Å². The second-order valence-corrected chi connectivity index (χ2v) is 5.28. The standard InChI is InChI=1S/C13H11BrN4O2/c14-10-2-1-9-3-4-17(11(9)7-10)5-6-18-12(13(19)20)8-15-16-18/h1-4,7-8H,5-6H2,(H,19,20). The number of benzene rings is 1. The van der Waals surface area contributed by atoms with Crippen LogP contribution < -0.4 is 0 Å².